The molecule has 0 heterocycles. The van der Waals surface area contributed by atoms with Crippen LogP contribution < -0.4 is 5.32 Å². The summed E-state index contributed by atoms with van der Waals surface area (Å²) >= 11 is 1.92. The fourth-order valence-electron chi connectivity index (χ4n) is 1.99. The predicted octanol–water partition coefficient (Wildman–Crippen LogP) is 2.38. The average Bonchev–Trinajstić information content (AvgIpc) is 2.46. The molecule has 2 unspecified atom stereocenters. The van der Waals surface area contributed by atoms with Gasteiger partial charge in [0.1, 0.15) is 0 Å². The molecule has 1 aliphatic carbocycles. The Kier molecular flexibility index (Phi) is 5.08. The zero-order valence-electron chi connectivity index (χ0n) is 8.31. The van der Waals surface area contributed by atoms with E-state index < -0.39 is 0 Å². The second kappa shape index (κ2) is 5.87. The molecule has 1 aliphatic rings. The van der Waals surface area contributed by atoms with E-state index in [4.69, 9.17) is 0 Å². The molecule has 0 aromatic rings. The van der Waals surface area contributed by atoms with Gasteiger partial charge in [-0.15, -0.1) is 0 Å². The van der Waals surface area contributed by atoms with Crippen molar-refractivity contribution in [1.29, 1.82) is 0 Å². The Morgan fingerprint density at radius 1 is 1.42 bits per heavy atom. The summed E-state index contributed by atoms with van der Waals surface area (Å²) in [5.74, 6) is 3.18. The minimum Gasteiger partial charge on any atom is -0.316 e. The van der Waals surface area contributed by atoms with Crippen molar-refractivity contribution >= 4 is 11.8 Å². The second-order valence-electron chi connectivity index (χ2n) is 3.87. The molecule has 0 saturated heterocycles. The summed E-state index contributed by atoms with van der Waals surface area (Å²) < 4.78 is 0. The molecule has 0 amide bonds. The molecule has 1 nitrogen and oxygen atoms in total. The number of hydrogen-bond donors (Lipinski definition) is 1. The molecular formula is C10H21NS. The van der Waals surface area contributed by atoms with E-state index in [1.165, 1.54) is 38.1 Å². The van der Waals surface area contributed by atoms with Crippen molar-refractivity contribution in [2.24, 2.45) is 11.8 Å². The summed E-state index contributed by atoms with van der Waals surface area (Å²) in [6.45, 7) is 4.83. The van der Waals surface area contributed by atoms with Crippen molar-refractivity contribution in [2.45, 2.75) is 26.2 Å². The maximum absolute atomic E-state index is 3.54. The van der Waals surface area contributed by atoms with E-state index in [9.17, 15) is 0 Å². The van der Waals surface area contributed by atoms with Gasteiger partial charge in [0.05, 0.1) is 0 Å². The summed E-state index contributed by atoms with van der Waals surface area (Å²) in [5.41, 5.74) is 0. The minimum atomic E-state index is 0.965. The zero-order valence-corrected chi connectivity index (χ0v) is 9.12. The van der Waals surface area contributed by atoms with Crippen LogP contribution in [0.3, 0.4) is 0 Å². The lowest BCUT2D eigenvalue weighted by Crippen LogP contribution is -2.26. The minimum absolute atomic E-state index is 0.965. The third-order valence-corrected chi connectivity index (χ3v) is 3.54. The maximum atomic E-state index is 3.54. The van der Waals surface area contributed by atoms with E-state index in [0.29, 0.717) is 0 Å². The van der Waals surface area contributed by atoms with Crippen molar-refractivity contribution in [3.8, 4) is 0 Å². The molecule has 12 heavy (non-hydrogen) atoms. The molecule has 0 aliphatic heterocycles. The molecule has 0 aromatic heterocycles. The third-order valence-electron chi connectivity index (χ3n) is 2.93. The monoisotopic (exact) mass is 187 g/mol. The van der Waals surface area contributed by atoms with E-state index in [-0.39, 0.29) is 0 Å². The summed E-state index contributed by atoms with van der Waals surface area (Å²) in [6.07, 6.45) is 6.53. The molecule has 0 bridgehead atoms. The van der Waals surface area contributed by atoms with Crippen LogP contribution in [0.4, 0.5) is 0 Å². The van der Waals surface area contributed by atoms with Gasteiger partial charge in [0, 0.05) is 12.3 Å². The Hall–Kier alpha value is 0.310. The maximum Gasteiger partial charge on any atom is 0.00553 e. The summed E-state index contributed by atoms with van der Waals surface area (Å²) in [4.78, 5) is 0. The highest BCUT2D eigenvalue weighted by Gasteiger charge is 2.22. The highest BCUT2D eigenvalue weighted by Crippen LogP contribution is 2.30. The summed E-state index contributed by atoms with van der Waals surface area (Å²) in [6, 6.07) is 0. The summed E-state index contributed by atoms with van der Waals surface area (Å²) in [7, 11) is 0. The van der Waals surface area contributed by atoms with Crippen molar-refractivity contribution in [2.75, 3.05) is 25.1 Å². The first kappa shape index (κ1) is 10.4. The van der Waals surface area contributed by atoms with Crippen molar-refractivity contribution in [3.05, 3.63) is 0 Å². The smallest absolute Gasteiger partial charge is 0.00553 e. The molecule has 1 N–H and O–H groups in total. The second-order valence-corrected chi connectivity index (χ2v) is 4.85. The van der Waals surface area contributed by atoms with Crippen molar-refractivity contribution in [1.82, 2.24) is 5.32 Å². The Labute approximate surface area is 80.7 Å². The van der Waals surface area contributed by atoms with Crippen LogP contribution in [0, 0.1) is 11.8 Å². The zero-order chi connectivity index (χ0) is 8.81. The molecular weight excluding hydrogens is 166 g/mol. The van der Waals surface area contributed by atoms with Gasteiger partial charge in [-0.2, -0.15) is 11.8 Å². The van der Waals surface area contributed by atoms with Crippen LogP contribution in [0.2, 0.25) is 0 Å². The van der Waals surface area contributed by atoms with Crippen LogP contribution in [0.1, 0.15) is 26.2 Å². The van der Waals surface area contributed by atoms with E-state index in [0.717, 1.165) is 11.8 Å². The van der Waals surface area contributed by atoms with E-state index in [1.807, 2.05) is 11.8 Å². The number of hydrogen-bond acceptors (Lipinski definition) is 2. The molecule has 1 saturated carbocycles. The summed E-state index contributed by atoms with van der Waals surface area (Å²) in [5, 5.41) is 3.54. The topological polar surface area (TPSA) is 12.0 Å². The average molecular weight is 187 g/mol. The molecule has 0 spiro atoms. The van der Waals surface area contributed by atoms with E-state index in [2.05, 4.69) is 18.5 Å². The van der Waals surface area contributed by atoms with Gasteiger partial charge in [0.25, 0.3) is 0 Å². The van der Waals surface area contributed by atoms with Gasteiger partial charge in [-0.05, 0) is 31.1 Å². The van der Waals surface area contributed by atoms with Crippen LogP contribution in [-0.4, -0.2) is 25.1 Å². The van der Waals surface area contributed by atoms with Crippen LogP contribution >= 0.6 is 11.8 Å². The van der Waals surface area contributed by atoms with Crippen LogP contribution in [0.5, 0.6) is 0 Å². The lowest BCUT2D eigenvalue weighted by Gasteiger charge is -2.15. The van der Waals surface area contributed by atoms with E-state index >= 15 is 0 Å². The molecule has 1 rings (SSSR count). The largest absolute Gasteiger partial charge is 0.316 e. The quantitative estimate of drug-likeness (QED) is 0.663. The van der Waals surface area contributed by atoms with Gasteiger partial charge in [-0.1, -0.05) is 19.8 Å². The number of rotatable bonds is 5. The van der Waals surface area contributed by atoms with Gasteiger partial charge >= 0.3 is 0 Å². The van der Waals surface area contributed by atoms with E-state index in [1.54, 1.807) is 0 Å². The Morgan fingerprint density at radius 2 is 2.25 bits per heavy atom. The highest BCUT2D eigenvalue weighted by molar-refractivity contribution is 7.98. The van der Waals surface area contributed by atoms with Crippen molar-refractivity contribution in [3.63, 3.8) is 0 Å². The first-order chi connectivity index (χ1) is 5.84. The molecule has 2 atom stereocenters. The predicted molar refractivity (Wildman–Crippen MR) is 57.8 cm³/mol. The number of thioether (sulfide) groups is 1. The van der Waals surface area contributed by atoms with Gasteiger partial charge in [-0.25, -0.2) is 0 Å². The lowest BCUT2D eigenvalue weighted by molar-refractivity contribution is 0.397. The van der Waals surface area contributed by atoms with Gasteiger partial charge < -0.3 is 5.32 Å². The lowest BCUT2D eigenvalue weighted by atomic mass is 9.98. The molecule has 72 valence electrons. The Bertz CT molecular complexity index is 116. The van der Waals surface area contributed by atoms with Crippen LogP contribution in [-0.2, 0) is 0 Å². The van der Waals surface area contributed by atoms with Crippen LogP contribution in [0.15, 0.2) is 0 Å². The fourth-order valence-corrected chi connectivity index (χ4v) is 2.34. The van der Waals surface area contributed by atoms with Crippen LogP contribution in [0.25, 0.3) is 0 Å². The van der Waals surface area contributed by atoms with Gasteiger partial charge in [-0.3, -0.25) is 0 Å². The highest BCUT2D eigenvalue weighted by atomic mass is 32.2. The normalized spacial score (nSPS) is 29.5. The Balaban J connectivity index is 1.98. The molecule has 0 aromatic carbocycles. The Morgan fingerprint density at radius 3 is 2.83 bits per heavy atom. The van der Waals surface area contributed by atoms with Crippen molar-refractivity contribution < 1.29 is 0 Å². The standard InChI is InChI=1S/C10H21NS/c1-9-4-3-5-10(9)8-11-6-7-12-2/h9-11H,3-8H2,1-2H3. The first-order valence-electron chi connectivity index (χ1n) is 5.04. The van der Waals surface area contributed by atoms with Gasteiger partial charge in [0.15, 0.2) is 0 Å². The SMILES string of the molecule is CSCCNCC1CCCC1C. The third kappa shape index (κ3) is 3.36. The fraction of sp³-hybridized carbons (Fsp3) is 1.00. The molecule has 2 heteroatoms. The first-order valence-corrected chi connectivity index (χ1v) is 6.43. The number of nitrogens with one attached hydrogen (secondary N) is 1. The molecule has 1 fully saturated rings. The molecule has 0 radical (unpaired) electrons. The van der Waals surface area contributed by atoms with Gasteiger partial charge in [0.2, 0.25) is 0 Å².